The number of nitrogens with one attached hydrogen (secondary N) is 1. The number of carbonyl (C=O) groups excluding carboxylic acids is 2. The maximum absolute atomic E-state index is 12.2. The van der Waals surface area contributed by atoms with Gasteiger partial charge in [0, 0.05) is 4.88 Å². The number of amides is 1. The van der Waals surface area contributed by atoms with Crippen molar-refractivity contribution in [3.8, 4) is 6.07 Å². The van der Waals surface area contributed by atoms with Crippen LogP contribution >= 0.6 is 11.3 Å². The Balaban J connectivity index is 1.66. The van der Waals surface area contributed by atoms with E-state index in [-0.39, 0.29) is 5.56 Å². The van der Waals surface area contributed by atoms with Gasteiger partial charge in [-0.1, -0.05) is 19.0 Å². The molecule has 1 aliphatic carbocycles. The minimum absolute atomic E-state index is 0.267. The van der Waals surface area contributed by atoms with Crippen LogP contribution < -0.4 is 5.32 Å². The zero-order chi connectivity index (χ0) is 19.6. The lowest BCUT2D eigenvalue weighted by atomic mass is 9.89. The number of fused-ring (bicyclic) bond motifs is 1. The lowest BCUT2D eigenvalue weighted by Crippen LogP contribution is -2.21. The van der Waals surface area contributed by atoms with Crippen LogP contribution in [-0.2, 0) is 28.8 Å². The van der Waals surface area contributed by atoms with Gasteiger partial charge in [-0.3, -0.25) is 4.79 Å². The van der Waals surface area contributed by atoms with E-state index in [0.29, 0.717) is 34.4 Å². The van der Waals surface area contributed by atoms with Crippen LogP contribution in [0.25, 0.3) is 0 Å². The van der Waals surface area contributed by atoms with Gasteiger partial charge in [-0.15, -0.1) is 11.3 Å². The van der Waals surface area contributed by atoms with Crippen molar-refractivity contribution in [1.82, 2.24) is 5.16 Å². The molecule has 0 aromatic carbocycles. The summed E-state index contributed by atoms with van der Waals surface area (Å²) in [5.74, 6) is -0.171. The van der Waals surface area contributed by atoms with Gasteiger partial charge >= 0.3 is 5.97 Å². The molecule has 3 rings (SSSR count). The van der Waals surface area contributed by atoms with E-state index in [9.17, 15) is 14.9 Å². The number of esters is 1. The molecule has 0 fully saturated rings. The third-order valence-electron chi connectivity index (χ3n) is 4.68. The minimum Gasteiger partial charge on any atom is -0.452 e. The van der Waals surface area contributed by atoms with Crippen molar-refractivity contribution in [3.05, 3.63) is 33.0 Å². The fourth-order valence-electron chi connectivity index (χ4n) is 3.24. The highest BCUT2D eigenvalue weighted by Crippen LogP contribution is 2.39. The van der Waals surface area contributed by atoms with E-state index in [1.807, 2.05) is 6.92 Å². The van der Waals surface area contributed by atoms with Gasteiger partial charge in [0.1, 0.15) is 22.4 Å². The Morgan fingerprint density at radius 1 is 1.48 bits per heavy atom. The van der Waals surface area contributed by atoms with Gasteiger partial charge in [0.2, 0.25) is 0 Å². The van der Waals surface area contributed by atoms with Crippen LogP contribution in [0.1, 0.15) is 58.1 Å². The van der Waals surface area contributed by atoms with Gasteiger partial charge in [-0.2, -0.15) is 5.26 Å². The van der Waals surface area contributed by atoms with Crippen LogP contribution in [0.5, 0.6) is 0 Å². The third-order valence-corrected chi connectivity index (χ3v) is 5.85. The Labute approximate surface area is 161 Å². The topological polar surface area (TPSA) is 105 Å². The predicted molar refractivity (Wildman–Crippen MR) is 99.8 cm³/mol. The van der Waals surface area contributed by atoms with Crippen LogP contribution in [0.3, 0.4) is 0 Å². The van der Waals surface area contributed by atoms with E-state index in [0.717, 1.165) is 29.7 Å². The monoisotopic (exact) mass is 387 g/mol. The second-order valence-electron chi connectivity index (χ2n) is 6.71. The number of anilines is 1. The maximum atomic E-state index is 12.2. The molecule has 27 heavy (non-hydrogen) atoms. The highest BCUT2D eigenvalue weighted by molar-refractivity contribution is 7.16. The average molecular weight is 387 g/mol. The lowest BCUT2D eigenvalue weighted by Gasteiger charge is -2.17. The van der Waals surface area contributed by atoms with Crippen molar-refractivity contribution in [2.75, 3.05) is 11.9 Å². The van der Waals surface area contributed by atoms with Gasteiger partial charge < -0.3 is 14.6 Å². The highest BCUT2D eigenvalue weighted by atomic mass is 32.1. The molecule has 0 spiro atoms. The van der Waals surface area contributed by atoms with Crippen molar-refractivity contribution < 1.29 is 18.8 Å². The number of ether oxygens (including phenoxy) is 1. The molecule has 1 N–H and O–H groups in total. The molecule has 1 aliphatic rings. The highest BCUT2D eigenvalue weighted by Gasteiger charge is 2.25. The van der Waals surface area contributed by atoms with E-state index in [4.69, 9.17) is 9.26 Å². The average Bonchev–Trinajstić information content (AvgIpc) is 3.18. The van der Waals surface area contributed by atoms with Crippen molar-refractivity contribution in [1.29, 1.82) is 5.26 Å². The number of hydrogen-bond donors (Lipinski definition) is 1. The molecule has 8 heteroatoms. The molecule has 0 radical (unpaired) electrons. The maximum Gasteiger partial charge on any atom is 0.344 e. The molecule has 7 nitrogen and oxygen atoms in total. The lowest BCUT2D eigenvalue weighted by molar-refractivity contribution is -0.119. The molecule has 2 heterocycles. The summed E-state index contributed by atoms with van der Waals surface area (Å²) in [6.45, 7) is 5.23. The van der Waals surface area contributed by atoms with Crippen molar-refractivity contribution in [2.45, 2.75) is 46.5 Å². The van der Waals surface area contributed by atoms with Crippen LogP contribution in [0.15, 0.2) is 4.52 Å². The smallest absolute Gasteiger partial charge is 0.344 e. The second-order valence-corrected chi connectivity index (χ2v) is 7.81. The molecule has 2 aromatic heterocycles. The molecule has 1 amide bonds. The van der Waals surface area contributed by atoms with Crippen LogP contribution in [0.4, 0.5) is 5.00 Å². The first-order valence-corrected chi connectivity index (χ1v) is 9.72. The fourth-order valence-corrected chi connectivity index (χ4v) is 4.62. The largest absolute Gasteiger partial charge is 0.452 e. The molecule has 1 unspecified atom stereocenters. The summed E-state index contributed by atoms with van der Waals surface area (Å²) in [4.78, 5) is 25.6. The predicted octanol–water partition coefficient (Wildman–Crippen LogP) is 3.40. The molecular weight excluding hydrogens is 366 g/mol. The molecule has 142 valence electrons. The van der Waals surface area contributed by atoms with Crippen molar-refractivity contribution in [2.24, 2.45) is 5.92 Å². The molecule has 0 aliphatic heterocycles. The Bertz CT molecular complexity index is 922. The molecule has 2 aromatic rings. The minimum atomic E-state index is -0.638. The molecule has 0 saturated carbocycles. The summed E-state index contributed by atoms with van der Waals surface area (Å²) in [6, 6.07) is 2.20. The van der Waals surface area contributed by atoms with E-state index in [2.05, 4.69) is 23.5 Å². The summed E-state index contributed by atoms with van der Waals surface area (Å²) in [7, 11) is 0. The van der Waals surface area contributed by atoms with Crippen LogP contribution in [-0.4, -0.2) is 23.6 Å². The zero-order valence-corrected chi connectivity index (χ0v) is 16.4. The normalized spacial score (nSPS) is 15.7. The molecule has 0 saturated heterocycles. The summed E-state index contributed by atoms with van der Waals surface area (Å²) < 4.78 is 10.1. The number of nitriles is 1. The third kappa shape index (κ3) is 3.88. The van der Waals surface area contributed by atoms with E-state index in [1.165, 1.54) is 11.3 Å². The Morgan fingerprint density at radius 2 is 2.26 bits per heavy atom. The first-order chi connectivity index (χ1) is 12.9. The van der Waals surface area contributed by atoms with Gasteiger partial charge in [0.15, 0.2) is 6.61 Å². The van der Waals surface area contributed by atoms with Crippen molar-refractivity contribution in [3.63, 3.8) is 0 Å². The number of hydrogen-bond acceptors (Lipinski definition) is 7. The van der Waals surface area contributed by atoms with Gasteiger partial charge in [0.25, 0.3) is 5.91 Å². The standard InChI is InChI=1S/C19H21N3O4S/c1-4-14-17(11(3)26-22-14)19(24)25-9-16(23)21-18-13(8-20)12-6-5-10(2)7-15(12)27-18/h10H,4-7,9H2,1-3H3,(H,21,23). The summed E-state index contributed by atoms with van der Waals surface area (Å²) in [5, 5.41) is 16.5. The Hall–Kier alpha value is -2.66. The van der Waals surface area contributed by atoms with Crippen LogP contribution in [0.2, 0.25) is 0 Å². The van der Waals surface area contributed by atoms with E-state index < -0.39 is 18.5 Å². The number of thiophene rings is 1. The number of aromatic nitrogens is 1. The van der Waals surface area contributed by atoms with E-state index >= 15 is 0 Å². The number of aryl methyl sites for hydroxylation is 2. The quantitative estimate of drug-likeness (QED) is 0.788. The second kappa shape index (κ2) is 7.92. The fraction of sp³-hybridized carbons (Fsp3) is 0.474. The van der Waals surface area contributed by atoms with Gasteiger partial charge in [0.05, 0.1) is 11.3 Å². The SMILES string of the molecule is CCc1noc(C)c1C(=O)OCC(=O)Nc1sc2c(c1C#N)CCC(C)C2. The molecule has 1 atom stereocenters. The Morgan fingerprint density at radius 3 is 2.96 bits per heavy atom. The van der Waals surface area contributed by atoms with E-state index in [1.54, 1.807) is 6.92 Å². The number of rotatable bonds is 5. The summed E-state index contributed by atoms with van der Waals surface area (Å²) in [6.07, 6.45) is 3.35. The first kappa shape index (κ1) is 19.1. The number of nitrogens with zero attached hydrogens (tertiary/aromatic N) is 2. The first-order valence-electron chi connectivity index (χ1n) is 8.91. The van der Waals surface area contributed by atoms with Gasteiger partial charge in [-0.05, 0) is 44.1 Å². The number of carbonyl (C=O) groups is 2. The summed E-state index contributed by atoms with van der Waals surface area (Å²) in [5.41, 5.74) is 2.35. The van der Waals surface area contributed by atoms with Crippen molar-refractivity contribution >= 4 is 28.2 Å². The van der Waals surface area contributed by atoms with Gasteiger partial charge in [-0.25, -0.2) is 4.79 Å². The molecule has 0 bridgehead atoms. The van der Waals surface area contributed by atoms with Crippen LogP contribution in [0, 0.1) is 24.2 Å². The molecular formula is C19H21N3O4S. The zero-order valence-electron chi connectivity index (χ0n) is 15.5. The summed E-state index contributed by atoms with van der Waals surface area (Å²) >= 11 is 1.44. The Kier molecular flexibility index (Phi) is 5.61.